The molecule has 17 heteroatoms. The second kappa shape index (κ2) is 17.2. The van der Waals surface area contributed by atoms with E-state index in [2.05, 4.69) is 21.3 Å². The largest absolute Gasteiger partial charge is 0.481 e. The first-order chi connectivity index (χ1) is 19.6. The molecule has 17 nitrogen and oxygen atoms in total. The van der Waals surface area contributed by atoms with E-state index in [9.17, 15) is 43.8 Å². The van der Waals surface area contributed by atoms with Crippen molar-refractivity contribution in [3.8, 4) is 0 Å². The first kappa shape index (κ1) is 36.2. The van der Waals surface area contributed by atoms with E-state index in [-0.39, 0.29) is 5.92 Å². The van der Waals surface area contributed by atoms with Crippen LogP contribution in [0.25, 0.3) is 0 Å². The Morgan fingerprint density at radius 3 is 2.12 bits per heavy atom. The molecule has 0 radical (unpaired) electrons. The maximum Gasteiger partial charge on any atom is 0.326 e. The maximum absolute atomic E-state index is 12.9. The van der Waals surface area contributed by atoms with Crippen molar-refractivity contribution >= 4 is 41.5 Å². The molecule has 1 aliphatic heterocycles. The summed E-state index contributed by atoms with van der Waals surface area (Å²) in [6.07, 6.45) is -1.17. The average molecular weight is 603 g/mol. The molecule has 0 aromatic heterocycles. The molecule has 0 bridgehead atoms. The van der Waals surface area contributed by atoms with Gasteiger partial charge in [-0.25, -0.2) is 4.79 Å². The van der Waals surface area contributed by atoms with Crippen LogP contribution in [0.1, 0.15) is 52.9 Å². The van der Waals surface area contributed by atoms with Crippen LogP contribution in [-0.2, 0) is 33.6 Å². The SMILES string of the molecule is CC(C)C[C@H](N)C(=O)N1CCC[C@H]1C(=O)N[C@@H](CO)C(=O)N[C@H](C(=O)NCC(=O)N[C@@H](CCC(=O)O)C(=O)O)[C@@H](C)O. The molecule has 1 heterocycles. The van der Waals surface area contributed by atoms with Crippen molar-refractivity contribution in [1.82, 2.24) is 26.2 Å². The molecule has 1 saturated heterocycles. The molecule has 0 aromatic rings. The van der Waals surface area contributed by atoms with Gasteiger partial charge in [0.1, 0.15) is 24.2 Å². The van der Waals surface area contributed by atoms with Crippen molar-refractivity contribution in [3.63, 3.8) is 0 Å². The third kappa shape index (κ3) is 11.6. The van der Waals surface area contributed by atoms with Gasteiger partial charge in [-0.3, -0.25) is 28.8 Å². The highest BCUT2D eigenvalue weighted by molar-refractivity contribution is 5.96. The number of nitrogens with zero attached hydrogens (tertiary/aromatic N) is 1. The molecule has 0 aliphatic carbocycles. The molecule has 1 rings (SSSR count). The normalized spacial score (nSPS) is 18.3. The Balaban J connectivity index is 2.78. The lowest BCUT2D eigenvalue weighted by atomic mass is 10.0. The highest BCUT2D eigenvalue weighted by Gasteiger charge is 2.38. The predicted octanol–water partition coefficient (Wildman–Crippen LogP) is -3.76. The third-order valence-electron chi connectivity index (χ3n) is 6.46. The smallest absolute Gasteiger partial charge is 0.326 e. The van der Waals surface area contributed by atoms with E-state index in [0.717, 1.165) is 6.92 Å². The Labute approximate surface area is 242 Å². The number of aliphatic carboxylic acids is 2. The van der Waals surface area contributed by atoms with Gasteiger partial charge in [0.15, 0.2) is 0 Å². The summed E-state index contributed by atoms with van der Waals surface area (Å²) in [6, 6.07) is -6.44. The van der Waals surface area contributed by atoms with Gasteiger partial charge in [0, 0.05) is 13.0 Å². The number of nitrogens with two attached hydrogens (primary N) is 1. The Hall–Kier alpha value is -3.83. The van der Waals surface area contributed by atoms with E-state index in [1.54, 1.807) is 0 Å². The average Bonchev–Trinajstić information content (AvgIpc) is 3.39. The fraction of sp³-hybridized carbons (Fsp3) is 0.720. The molecule has 6 atom stereocenters. The molecule has 1 aliphatic rings. The minimum atomic E-state index is -1.64. The minimum absolute atomic E-state index is 0.153. The first-order valence-electron chi connectivity index (χ1n) is 13.6. The van der Waals surface area contributed by atoms with Crippen molar-refractivity contribution < 1.29 is 54.0 Å². The standard InChI is InChI=1S/C25H42N6O11/c1-12(2)9-14(26)24(40)31-8-4-5-17(31)22(38)29-16(11-32)21(37)30-20(13(3)33)23(39)27-10-18(34)28-15(25(41)42)6-7-19(35)36/h12-17,20,32-33H,4-11,26H2,1-3H3,(H,27,39)(H,28,34)(H,29,38)(H,30,37)(H,35,36)(H,41,42)/t13-,14+,15+,16+,17+,20+/m1/s1. The number of hydrogen-bond acceptors (Lipinski definition) is 10. The predicted molar refractivity (Wildman–Crippen MR) is 144 cm³/mol. The number of amides is 5. The summed E-state index contributed by atoms with van der Waals surface area (Å²) in [6.45, 7) is 3.62. The highest BCUT2D eigenvalue weighted by atomic mass is 16.4. The van der Waals surface area contributed by atoms with Gasteiger partial charge in [0.25, 0.3) is 0 Å². The topological polar surface area (TPSA) is 278 Å². The van der Waals surface area contributed by atoms with E-state index in [4.69, 9.17) is 15.9 Å². The van der Waals surface area contributed by atoms with Gasteiger partial charge in [0.2, 0.25) is 29.5 Å². The number of hydrogen-bond donors (Lipinski definition) is 9. The summed E-state index contributed by atoms with van der Waals surface area (Å²) in [5.74, 6) is -6.76. The number of nitrogens with one attached hydrogen (secondary N) is 4. The number of carboxylic acids is 2. The van der Waals surface area contributed by atoms with Crippen molar-refractivity contribution in [2.75, 3.05) is 19.7 Å². The van der Waals surface area contributed by atoms with Gasteiger partial charge in [-0.1, -0.05) is 13.8 Å². The van der Waals surface area contributed by atoms with Crippen molar-refractivity contribution in [2.45, 2.75) is 89.2 Å². The molecule has 1 fully saturated rings. The molecular formula is C25H42N6O11. The molecule has 10 N–H and O–H groups in total. The number of likely N-dealkylation sites (tertiary alicyclic amines) is 1. The number of aliphatic hydroxyl groups excluding tert-OH is 2. The number of rotatable bonds is 17. The van der Waals surface area contributed by atoms with E-state index in [1.165, 1.54) is 4.90 Å². The fourth-order valence-electron chi connectivity index (χ4n) is 4.29. The zero-order valence-electron chi connectivity index (χ0n) is 23.9. The summed E-state index contributed by atoms with van der Waals surface area (Å²) in [5.41, 5.74) is 5.99. The van der Waals surface area contributed by atoms with Crippen LogP contribution in [0.3, 0.4) is 0 Å². The van der Waals surface area contributed by atoms with Crippen LogP contribution in [0.5, 0.6) is 0 Å². The lowest BCUT2D eigenvalue weighted by Crippen LogP contribution is -2.60. The van der Waals surface area contributed by atoms with Crippen LogP contribution in [0, 0.1) is 5.92 Å². The second-order valence-electron chi connectivity index (χ2n) is 10.5. The maximum atomic E-state index is 12.9. The number of carboxylic acid groups (broad SMARTS) is 2. The van der Waals surface area contributed by atoms with E-state index >= 15 is 0 Å². The molecule has 42 heavy (non-hydrogen) atoms. The summed E-state index contributed by atoms with van der Waals surface area (Å²) in [7, 11) is 0. The van der Waals surface area contributed by atoms with Crippen LogP contribution in [0.15, 0.2) is 0 Å². The minimum Gasteiger partial charge on any atom is -0.481 e. The van der Waals surface area contributed by atoms with Gasteiger partial charge < -0.3 is 52.3 Å². The molecule has 0 aromatic carbocycles. The van der Waals surface area contributed by atoms with Crippen LogP contribution in [0.4, 0.5) is 0 Å². The van der Waals surface area contributed by atoms with Crippen LogP contribution in [0.2, 0.25) is 0 Å². The van der Waals surface area contributed by atoms with Crippen LogP contribution in [-0.4, -0.2) is 123 Å². The number of carbonyl (C=O) groups is 7. The van der Waals surface area contributed by atoms with Crippen LogP contribution >= 0.6 is 0 Å². The Bertz CT molecular complexity index is 1010. The summed E-state index contributed by atoms with van der Waals surface area (Å²) in [5, 5.41) is 46.3. The molecule has 0 unspecified atom stereocenters. The van der Waals surface area contributed by atoms with Gasteiger partial charge in [-0.05, 0) is 38.5 Å². The quantitative estimate of drug-likeness (QED) is 0.0776. The van der Waals surface area contributed by atoms with Crippen molar-refractivity contribution in [2.24, 2.45) is 11.7 Å². The van der Waals surface area contributed by atoms with Crippen molar-refractivity contribution in [1.29, 1.82) is 0 Å². The summed E-state index contributed by atoms with van der Waals surface area (Å²) in [4.78, 5) is 86.4. The molecular weight excluding hydrogens is 560 g/mol. The zero-order valence-corrected chi connectivity index (χ0v) is 23.9. The Kier molecular flexibility index (Phi) is 14.8. The first-order valence-corrected chi connectivity index (χ1v) is 13.6. The molecule has 0 spiro atoms. The zero-order chi connectivity index (χ0) is 32.1. The highest BCUT2D eigenvalue weighted by Crippen LogP contribution is 2.20. The van der Waals surface area contributed by atoms with Crippen molar-refractivity contribution in [3.05, 3.63) is 0 Å². The lowest BCUT2D eigenvalue weighted by Gasteiger charge is -2.29. The van der Waals surface area contributed by atoms with Gasteiger partial charge in [-0.2, -0.15) is 0 Å². The van der Waals surface area contributed by atoms with E-state index in [0.29, 0.717) is 25.8 Å². The van der Waals surface area contributed by atoms with E-state index in [1.807, 2.05) is 13.8 Å². The molecule has 238 valence electrons. The van der Waals surface area contributed by atoms with Crippen LogP contribution < -0.4 is 27.0 Å². The number of carbonyl (C=O) groups excluding carboxylic acids is 5. The monoisotopic (exact) mass is 602 g/mol. The van der Waals surface area contributed by atoms with Gasteiger partial charge in [0.05, 0.1) is 25.3 Å². The lowest BCUT2D eigenvalue weighted by molar-refractivity contribution is -0.143. The van der Waals surface area contributed by atoms with Gasteiger partial charge >= 0.3 is 11.9 Å². The Morgan fingerprint density at radius 1 is 0.952 bits per heavy atom. The fourth-order valence-corrected chi connectivity index (χ4v) is 4.29. The third-order valence-corrected chi connectivity index (χ3v) is 6.46. The summed E-state index contributed by atoms with van der Waals surface area (Å²) < 4.78 is 0. The van der Waals surface area contributed by atoms with Gasteiger partial charge in [-0.15, -0.1) is 0 Å². The second-order valence-corrected chi connectivity index (χ2v) is 10.5. The van der Waals surface area contributed by atoms with E-state index < -0.39 is 104 Å². The molecule has 0 saturated carbocycles. The molecule has 5 amide bonds. The Morgan fingerprint density at radius 2 is 1.60 bits per heavy atom. The number of aliphatic hydroxyl groups is 2. The summed E-state index contributed by atoms with van der Waals surface area (Å²) >= 11 is 0.